The SMILES string of the molecule is CN(C)CC(C)(C)CNC(=O)[C@@H]1CCCNC1.Cl.Cl. The first-order valence-corrected chi connectivity index (χ1v) is 6.54. The van der Waals surface area contributed by atoms with E-state index < -0.39 is 0 Å². The molecule has 116 valence electrons. The zero-order chi connectivity index (χ0) is 12.9. The van der Waals surface area contributed by atoms with Crippen LogP contribution in [-0.4, -0.2) is 51.1 Å². The topological polar surface area (TPSA) is 44.4 Å². The van der Waals surface area contributed by atoms with Crippen molar-refractivity contribution in [3.8, 4) is 0 Å². The molecule has 1 amide bonds. The van der Waals surface area contributed by atoms with Crippen LogP contribution in [0.5, 0.6) is 0 Å². The lowest BCUT2D eigenvalue weighted by Crippen LogP contribution is -2.45. The van der Waals surface area contributed by atoms with Crippen LogP contribution < -0.4 is 10.6 Å². The van der Waals surface area contributed by atoms with Gasteiger partial charge >= 0.3 is 0 Å². The molecule has 0 aromatic heterocycles. The molecule has 0 aromatic rings. The number of hydrogen-bond donors (Lipinski definition) is 2. The second-order valence-electron chi connectivity index (χ2n) is 6.16. The molecule has 0 radical (unpaired) electrons. The zero-order valence-corrected chi connectivity index (χ0v) is 14.1. The summed E-state index contributed by atoms with van der Waals surface area (Å²) in [5, 5.41) is 6.37. The van der Waals surface area contributed by atoms with Gasteiger partial charge in [-0.15, -0.1) is 24.8 Å². The van der Waals surface area contributed by atoms with Crippen LogP contribution in [0.3, 0.4) is 0 Å². The maximum absolute atomic E-state index is 12.0. The summed E-state index contributed by atoms with van der Waals surface area (Å²) >= 11 is 0. The molecule has 0 aromatic carbocycles. The average molecular weight is 314 g/mol. The van der Waals surface area contributed by atoms with Crippen molar-refractivity contribution >= 4 is 30.7 Å². The van der Waals surface area contributed by atoms with Gasteiger partial charge in [0.2, 0.25) is 5.91 Å². The molecule has 0 saturated carbocycles. The van der Waals surface area contributed by atoms with E-state index in [4.69, 9.17) is 0 Å². The van der Waals surface area contributed by atoms with E-state index in [0.717, 1.165) is 39.0 Å². The third-order valence-electron chi connectivity index (χ3n) is 3.15. The summed E-state index contributed by atoms with van der Waals surface area (Å²) in [6.45, 7) is 7.99. The highest BCUT2D eigenvalue weighted by molar-refractivity contribution is 5.85. The van der Waals surface area contributed by atoms with E-state index in [1.807, 2.05) is 0 Å². The summed E-state index contributed by atoms with van der Waals surface area (Å²) in [7, 11) is 4.13. The molecular formula is C13H29Cl2N3O. The van der Waals surface area contributed by atoms with Crippen LogP contribution >= 0.6 is 24.8 Å². The molecule has 0 bridgehead atoms. The van der Waals surface area contributed by atoms with Gasteiger partial charge in [0.05, 0.1) is 5.92 Å². The van der Waals surface area contributed by atoms with Crippen LogP contribution in [0.15, 0.2) is 0 Å². The zero-order valence-electron chi connectivity index (χ0n) is 12.5. The summed E-state index contributed by atoms with van der Waals surface area (Å²) in [6, 6.07) is 0. The Labute approximate surface area is 129 Å². The fourth-order valence-electron chi connectivity index (χ4n) is 2.46. The van der Waals surface area contributed by atoms with E-state index in [-0.39, 0.29) is 42.1 Å². The highest BCUT2D eigenvalue weighted by Gasteiger charge is 2.24. The quantitative estimate of drug-likeness (QED) is 0.809. The Balaban J connectivity index is 0. The van der Waals surface area contributed by atoms with Crippen LogP contribution in [0, 0.1) is 11.3 Å². The Bertz CT molecular complexity index is 254. The van der Waals surface area contributed by atoms with Crippen molar-refractivity contribution in [3.63, 3.8) is 0 Å². The van der Waals surface area contributed by atoms with Crippen LogP contribution in [0.25, 0.3) is 0 Å². The number of halogens is 2. The molecule has 6 heteroatoms. The first-order valence-electron chi connectivity index (χ1n) is 6.54. The Morgan fingerprint density at radius 1 is 1.37 bits per heavy atom. The van der Waals surface area contributed by atoms with Gasteiger partial charge in [-0.1, -0.05) is 13.8 Å². The van der Waals surface area contributed by atoms with E-state index in [0.29, 0.717) is 0 Å². The molecule has 19 heavy (non-hydrogen) atoms. The minimum absolute atomic E-state index is 0. The molecule has 2 N–H and O–H groups in total. The number of piperidine rings is 1. The van der Waals surface area contributed by atoms with Gasteiger partial charge in [0, 0.05) is 19.6 Å². The fourth-order valence-corrected chi connectivity index (χ4v) is 2.46. The van der Waals surface area contributed by atoms with E-state index in [2.05, 4.69) is 43.5 Å². The van der Waals surface area contributed by atoms with Crippen LogP contribution in [0.4, 0.5) is 0 Å². The molecule has 1 rings (SSSR count). The predicted octanol–water partition coefficient (Wildman–Crippen LogP) is 1.53. The monoisotopic (exact) mass is 313 g/mol. The molecule has 4 nitrogen and oxygen atoms in total. The Kier molecular flexibility index (Phi) is 11.0. The third-order valence-corrected chi connectivity index (χ3v) is 3.15. The van der Waals surface area contributed by atoms with Gasteiger partial charge in [-0.2, -0.15) is 0 Å². The lowest BCUT2D eigenvalue weighted by molar-refractivity contribution is -0.126. The van der Waals surface area contributed by atoms with E-state index in [1.54, 1.807) is 0 Å². The largest absolute Gasteiger partial charge is 0.355 e. The summed E-state index contributed by atoms with van der Waals surface area (Å²) in [6.07, 6.45) is 2.13. The van der Waals surface area contributed by atoms with Crippen molar-refractivity contribution in [1.82, 2.24) is 15.5 Å². The maximum Gasteiger partial charge on any atom is 0.224 e. The van der Waals surface area contributed by atoms with Crippen LogP contribution in [-0.2, 0) is 4.79 Å². The molecule has 1 saturated heterocycles. The predicted molar refractivity (Wildman–Crippen MR) is 85.4 cm³/mol. The van der Waals surface area contributed by atoms with Crippen LogP contribution in [0.2, 0.25) is 0 Å². The summed E-state index contributed by atoms with van der Waals surface area (Å²) in [4.78, 5) is 14.1. The fraction of sp³-hybridized carbons (Fsp3) is 0.923. The molecule has 1 heterocycles. The van der Waals surface area contributed by atoms with Crippen molar-refractivity contribution in [2.24, 2.45) is 11.3 Å². The molecule has 0 spiro atoms. The van der Waals surface area contributed by atoms with Gasteiger partial charge in [-0.25, -0.2) is 0 Å². The van der Waals surface area contributed by atoms with E-state index in [1.165, 1.54) is 0 Å². The van der Waals surface area contributed by atoms with E-state index in [9.17, 15) is 4.79 Å². The van der Waals surface area contributed by atoms with E-state index >= 15 is 0 Å². The average Bonchev–Trinajstić information content (AvgIpc) is 2.25. The van der Waals surface area contributed by atoms with Crippen molar-refractivity contribution < 1.29 is 4.79 Å². The second-order valence-corrected chi connectivity index (χ2v) is 6.16. The number of rotatable bonds is 5. The standard InChI is InChI=1S/C13H27N3O.2ClH/c1-13(2,10-16(3)4)9-15-12(17)11-6-5-7-14-8-11;;/h11,14H,5-10H2,1-4H3,(H,15,17);2*1H/t11-;;/m1../s1. The molecule has 1 aliphatic heterocycles. The first kappa shape index (κ1) is 21.3. The third kappa shape index (κ3) is 8.69. The Hall–Kier alpha value is -0.0300. The van der Waals surface area contributed by atoms with Crippen LogP contribution in [0.1, 0.15) is 26.7 Å². The van der Waals surface area contributed by atoms with Gasteiger partial charge in [-0.3, -0.25) is 4.79 Å². The first-order chi connectivity index (χ1) is 7.91. The molecular weight excluding hydrogens is 285 g/mol. The molecule has 1 atom stereocenters. The number of carbonyl (C=O) groups is 1. The number of hydrogen-bond acceptors (Lipinski definition) is 3. The maximum atomic E-state index is 12.0. The second kappa shape index (κ2) is 9.81. The molecule has 1 fully saturated rings. The highest BCUT2D eigenvalue weighted by atomic mass is 35.5. The highest BCUT2D eigenvalue weighted by Crippen LogP contribution is 2.15. The Morgan fingerprint density at radius 2 is 2.00 bits per heavy atom. The van der Waals surface area contributed by atoms with Crippen molar-refractivity contribution in [1.29, 1.82) is 0 Å². The minimum atomic E-state index is 0. The summed E-state index contributed by atoms with van der Waals surface area (Å²) in [5.74, 6) is 0.378. The lowest BCUT2D eigenvalue weighted by Gasteiger charge is -2.30. The van der Waals surface area contributed by atoms with Crippen molar-refractivity contribution in [2.45, 2.75) is 26.7 Å². The minimum Gasteiger partial charge on any atom is -0.355 e. The number of nitrogens with one attached hydrogen (secondary N) is 2. The molecule has 0 unspecified atom stereocenters. The Morgan fingerprint density at radius 3 is 2.47 bits per heavy atom. The van der Waals surface area contributed by atoms with Gasteiger partial charge < -0.3 is 15.5 Å². The summed E-state index contributed by atoms with van der Waals surface area (Å²) in [5.41, 5.74) is 0.126. The normalized spacial score (nSPS) is 19.3. The molecule has 1 aliphatic rings. The summed E-state index contributed by atoms with van der Waals surface area (Å²) < 4.78 is 0. The van der Waals surface area contributed by atoms with Gasteiger partial charge in [0.15, 0.2) is 0 Å². The lowest BCUT2D eigenvalue weighted by atomic mass is 9.92. The smallest absolute Gasteiger partial charge is 0.224 e. The van der Waals surface area contributed by atoms with Crippen molar-refractivity contribution in [3.05, 3.63) is 0 Å². The number of amides is 1. The number of carbonyl (C=O) groups excluding carboxylic acids is 1. The van der Waals surface area contributed by atoms with Gasteiger partial charge in [0.1, 0.15) is 0 Å². The molecule has 0 aliphatic carbocycles. The van der Waals surface area contributed by atoms with Gasteiger partial charge in [-0.05, 0) is 38.9 Å². The van der Waals surface area contributed by atoms with Crippen molar-refractivity contribution in [2.75, 3.05) is 40.3 Å². The number of nitrogens with zero attached hydrogens (tertiary/aromatic N) is 1. The van der Waals surface area contributed by atoms with Gasteiger partial charge in [0.25, 0.3) is 0 Å².